The number of rotatable bonds is 6. The summed E-state index contributed by atoms with van der Waals surface area (Å²) in [4.78, 5) is 38.6. The van der Waals surface area contributed by atoms with Gasteiger partial charge in [-0.15, -0.1) is 0 Å². The first-order chi connectivity index (χ1) is 14.5. The Morgan fingerprint density at radius 2 is 1.47 bits per heavy atom. The number of anilines is 1. The minimum atomic E-state index is -0.230. The average molecular weight is 471 g/mol. The number of likely N-dealkylation sites (tertiary alicyclic amines) is 1. The van der Waals surface area contributed by atoms with Gasteiger partial charge in [0.25, 0.3) is 0 Å². The summed E-state index contributed by atoms with van der Waals surface area (Å²) >= 11 is 3.38. The molecule has 2 aromatic rings. The Kier molecular flexibility index (Phi) is 6.18. The van der Waals surface area contributed by atoms with Gasteiger partial charge in [0.2, 0.25) is 17.7 Å². The Morgan fingerprint density at radius 1 is 0.933 bits per heavy atom. The monoisotopic (exact) mass is 470 g/mol. The van der Waals surface area contributed by atoms with Crippen LogP contribution in [-0.2, 0) is 14.4 Å². The predicted molar refractivity (Wildman–Crippen MR) is 116 cm³/mol. The van der Waals surface area contributed by atoms with E-state index in [1.807, 2.05) is 24.3 Å². The summed E-state index contributed by atoms with van der Waals surface area (Å²) in [6.45, 7) is 0.140. The van der Waals surface area contributed by atoms with E-state index in [-0.39, 0.29) is 42.5 Å². The van der Waals surface area contributed by atoms with Crippen LogP contribution in [0, 0.1) is 11.8 Å². The van der Waals surface area contributed by atoms with Gasteiger partial charge in [-0.05, 0) is 61.4 Å². The van der Waals surface area contributed by atoms with Crippen LogP contribution in [0.15, 0.2) is 53.0 Å². The topological polar surface area (TPSA) is 75.7 Å². The Balaban J connectivity index is 1.28. The van der Waals surface area contributed by atoms with Crippen molar-refractivity contribution in [2.45, 2.75) is 32.1 Å². The van der Waals surface area contributed by atoms with Crippen LogP contribution in [0.4, 0.5) is 5.69 Å². The molecule has 30 heavy (non-hydrogen) atoms. The Morgan fingerprint density at radius 3 is 2.03 bits per heavy atom. The minimum absolute atomic E-state index is 0.0913. The number of hydrogen-bond donors (Lipinski definition) is 1. The molecule has 1 aliphatic carbocycles. The number of carbonyl (C=O) groups excluding carboxylic acids is 3. The lowest BCUT2D eigenvalue weighted by Crippen LogP contribution is -2.34. The lowest BCUT2D eigenvalue weighted by molar-refractivity contribution is -0.140. The van der Waals surface area contributed by atoms with Gasteiger partial charge < -0.3 is 10.1 Å². The van der Waals surface area contributed by atoms with E-state index in [2.05, 4.69) is 21.2 Å². The largest absolute Gasteiger partial charge is 0.457 e. The summed E-state index contributed by atoms with van der Waals surface area (Å²) in [5.41, 5.74) is 0.635. The third-order valence-corrected chi connectivity index (χ3v) is 6.21. The van der Waals surface area contributed by atoms with Gasteiger partial charge in [0.05, 0.1) is 11.8 Å². The number of imide groups is 1. The van der Waals surface area contributed by atoms with Crippen LogP contribution < -0.4 is 10.1 Å². The normalized spacial score (nSPS) is 20.8. The third-order valence-electron chi connectivity index (χ3n) is 5.68. The van der Waals surface area contributed by atoms with E-state index in [0.717, 1.165) is 35.9 Å². The van der Waals surface area contributed by atoms with Gasteiger partial charge in [0.15, 0.2) is 0 Å². The highest BCUT2D eigenvalue weighted by atomic mass is 79.9. The molecule has 1 heterocycles. The third kappa shape index (κ3) is 4.56. The highest BCUT2D eigenvalue weighted by molar-refractivity contribution is 9.10. The fourth-order valence-corrected chi connectivity index (χ4v) is 4.40. The van der Waals surface area contributed by atoms with E-state index < -0.39 is 0 Å². The van der Waals surface area contributed by atoms with Crippen LogP contribution in [0.1, 0.15) is 32.1 Å². The maximum atomic E-state index is 12.5. The summed E-state index contributed by atoms with van der Waals surface area (Å²) in [5, 5.41) is 2.81. The maximum Gasteiger partial charge on any atom is 0.233 e. The van der Waals surface area contributed by atoms with Gasteiger partial charge in [-0.25, -0.2) is 0 Å². The van der Waals surface area contributed by atoms with Crippen LogP contribution in [0.5, 0.6) is 11.5 Å². The molecule has 3 amide bonds. The van der Waals surface area contributed by atoms with Gasteiger partial charge >= 0.3 is 0 Å². The van der Waals surface area contributed by atoms with E-state index >= 15 is 0 Å². The molecule has 2 aliphatic rings. The molecule has 2 atom stereocenters. The zero-order valence-corrected chi connectivity index (χ0v) is 18.1. The molecule has 2 unspecified atom stereocenters. The smallest absolute Gasteiger partial charge is 0.233 e. The van der Waals surface area contributed by atoms with E-state index in [1.165, 1.54) is 4.90 Å². The number of nitrogens with zero attached hydrogens (tertiary/aromatic N) is 1. The molecule has 1 aliphatic heterocycles. The van der Waals surface area contributed by atoms with Gasteiger partial charge in [0, 0.05) is 23.1 Å². The van der Waals surface area contributed by atoms with Crippen molar-refractivity contribution in [1.82, 2.24) is 4.90 Å². The summed E-state index contributed by atoms with van der Waals surface area (Å²) < 4.78 is 6.74. The van der Waals surface area contributed by atoms with Crippen molar-refractivity contribution in [2.24, 2.45) is 11.8 Å². The quantitative estimate of drug-likeness (QED) is 0.618. The lowest BCUT2D eigenvalue weighted by atomic mass is 9.81. The zero-order valence-electron chi connectivity index (χ0n) is 16.5. The number of halogens is 1. The van der Waals surface area contributed by atoms with Gasteiger partial charge in [0.1, 0.15) is 11.5 Å². The van der Waals surface area contributed by atoms with Crippen molar-refractivity contribution < 1.29 is 19.1 Å². The zero-order chi connectivity index (χ0) is 21.1. The van der Waals surface area contributed by atoms with E-state index in [1.54, 1.807) is 24.3 Å². The average Bonchev–Trinajstić information content (AvgIpc) is 3.00. The van der Waals surface area contributed by atoms with Crippen LogP contribution in [-0.4, -0.2) is 29.2 Å². The van der Waals surface area contributed by atoms with Crippen molar-refractivity contribution in [3.8, 4) is 11.5 Å². The maximum absolute atomic E-state index is 12.5. The summed E-state index contributed by atoms with van der Waals surface area (Å²) in [6.07, 6.45) is 3.65. The van der Waals surface area contributed by atoms with Crippen molar-refractivity contribution in [2.75, 3.05) is 11.9 Å². The van der Waals surface area contributed by atoms with Crippen molar-refractivity contribution in [1.29, 1.82) is 0 Å². The fraction of sp³-hybridized carbons (Fsp3) is 0.348. The molecule has 156 valence electrons. The van der Waals surface area contributed by atoms with Crippen molar-refractivity contribution in [3.05, 3.63) is 53.0 Å². The van der Waals surface area contributed by atoms with E-state index in [9.17, 15) is 14.4 Å². The molecule has 1 saturated carbocycles. The molecule has 1 saturated heterocycles. The minimum Gasteiger partial charge on any atom is -0.457 e. The SMILES string of the molecule is O=C(CCN1C(=O)C2CCCCC2C1=O)Nc1ccc(Oc2ccc(Br)cc2)cc1. The Bertz CT molecular complexity index is 919. The predicted octanol–water partition coefficient (Wildman–Crippen LogP) is 4.75. The van der Waals surface area contributed by atoms with Crippen molar-refractivity contribution >= 4 is 39.3 Å². The first-order valence-electron chi connectivity index (χ1n) is 10.2. The molecule has 6 nitrogen and oxygen atoms in total. The Labute approximate surface area is 183 Å². The number of hydrogen-bond acceptors (Lipinski definition) is 4. The molecule has 0 radical (unpaired) electrons. The molecule has 0 spiro atoms. The number of fused-ring (bicyclic) bond motifs is 1. The van der Waals surface area contributed by atoms with Crippen molar-refractivity contribution in [3.63, 3.8) is 0 Å². The van der Waals surface area contributed by atoms with Crippen LogP contribution in [0.25, 0.3) is 0 Å². The Hall–Kier alpha value is -2.67. The van der Waals surface area contributed by atoms with Gasteiger partial charge in [-0.2, -0.15) is 0 Å². The van der Waals surface area contributed by atoms with Crippen LogP contribution in [0.3, 0.4) is 0 Å². The molecule has 7 heteroatoms. The second kappa shape index (κ2) is 9.00. The van der Waals surface area contributed by atoms with E-state index in [4.69, 9.17) is 4.74 Å². The molecule has 0 bridgehead atoms. The first-order valence-corrected chi connectivity index (χ1v) is 11.0. The molecule has 2 fully saturated rings. The molecular formula is C23H23BrN2O4. The highest BCUT2D eigenvalue weighted by Crippen LogP contribution is 2.38. The molecule has 0 aromatic heterocycles. The fourth-order valence-electron chi connectivity index (χ4n) is 4.13. The summed E-state index contributed by atoms with van der Waals surface area (Å²) in [6, 6.07) is 14.6. The van der Waals surface area contributed by atoms with Crippen LogP contribution in [0.2, 0.25) is 0 Å². The second-order valence-corrected chi connectivity index (χ2v) is 8.62. The number of carbonyl (C=O) groups is 3. The first kappa shape index (κ1) is 20.6. The lowest BCUT2D eigenvalue weighted by Gasteiger charge is -2.19. The second-order valence-electron chi connectivity index (χ2n) is 7.70. The standard InChI is InChI=1S/C23H23BrN2O4/c24-15-5-9-17(10-6-15)30-18-11-7-16(8-12-18)25-21(27)13-14-26-22(28)19-3-1-2-4-20(19)23(26)29/h5-12,19-20H,1-4,13-14H2,(H,25,27). The van der Waals surface area contributed by atoms with Gasteiger partial charge in [-0.1, -0.05) is 28.8 Å². The van der Waals surface area contributed by atoms with Gasteiger partial charge in [-0.3, -0.25) is 19.3 Å². The number of ether oxygens (including phenoxy) is 1. The molecule has 2 aromatic carbocycles. The van der Waals surface area contributed by atoms with E-state index in [0.29, 0.717) is 11.4 Å². The molecule has 4 rings (SSSR count). The molecular weight excluding hydrogens is 448 g/mol. The van der Waals surface area contributed by atoms with Crippen LogP contribution >= 0.6 is 15.9 Å². The number of benzene rings is 2. The summed E-state index contributed by atoms with van der Waals surface area (Å²) in [5.74, 6) is 0.591. The molecule has 1 N–H and O–H groups in total. The number of amides is 3. The highest BCUT2D eigenvalue weighted by Gasteiger charge is 2.47. The number of nitrogens with one attached hydrogen (secondary N) is 1. The summed E-state index contributed by atoms with van der Waals surface area (Å²) in [7, 11) is 0.